The quantitative estimate of drug-likeness (QED) is 0.266. The van der Waals surface area contributed by atoms with Crippen LogP contribution in [0.1, 0.15) is 29.5 Å². The van der Waals surface area contributed by atoms with Crippen LogP contribution < -0.4 is 5.19 Å². The van der Waals surface area contributed by atoms with Gasteiger partial charge in [0, 0.05) is 5.92 Å². The number of hydrogen-bond acceptors (Lipinski definition) is 6. The summed E-state index contributed by atoms with van der Waals surface area (Å²) < 4.78 is 10.5. The molecule has 0 saturated carbocycles. The molecular weight excluding hydrogens is 424 g/mol. The lowest BCUT2D eigenvalue weighted by molar-refractivity contribution is -0.144. The monoisotopic (exact) mass is 462 g/mol. The molecule has 0 bridgehead atoms. The van der Waals surface area contributed by atoms with Gasteiger partial charge in [-0.2, -0.15) is 0 Å². The summed E-state index contributed by atoms with van der Waals surface area (Å²) in [6.45, 7) is 17.3. The van der Waals surface area contributed by atoms with Crippen LogP contribution in [0.2, 0.25) is 19.1 Å². The number of aliphatic hydroxyl groups excluding tert-OH is 2. The maximum atomic E-state index is 11.9. The fourth-order valence-corrected chi connectivity index (χ4v) is 7.76. The molecule has 0 spiro atoms. The number of hydrogen-bond donors (Lipinski definition) is 2. The van der Waals surface area contributed by atoms with E-state index in [1.165, 1.54) is 21.9 Å². The summed E-state index contributed by atoms with van der Waals surface area (Å²) >= 11 is 0. The molecule has 0 atom stereocenters. The van der Waals surface area contributed by atoms with E-state index in [4.69, 9.17) is 19.7 Å². The van der Waals surface area contributed by atoms with E-state index in [2.05, 4.69) is 59.2 Å². The highest BCUT2D eigenvalue weighted by molar-refractivity contribution is 6.90. The van der Waals surface area contributed by atoms with Crippen LogP contribution >= 0.6 is 0 Å². The minimum absolute atomic E-state index is 0.0201. The maximum Gasteiger partial charge on any atom is 0.335 e. The third kappa shape index (κ3) is 8.37. The SMILES string of the molecule is C=C(CO)C(=O)OCC(CCC[Si](C)(C)c1c(C)cc(C)cc1C)COC(=O)C(=C)CO. The van der Waals surface area contributed by atoms with Crippen molar-refractivity contribution in [1.82, 2.24) is 0 Å². The van der Waals surface area contributed by atoms with E-state index < -0.39 is 33.2 Å². The first-order chi connectivity index (χ1) is 14.9. The van der Waals surface area contributed by atoms with E-state index >= 15 is 0 Å². The minimum atomic E-state index is -1.71. The van der Waals surface area contributed by atoms with E-state index in [0.29, 0.717) is 6.42 Å². The molecule has 32 heavy (non-hydrogen) atoms. The lowest BCUT2D eigenvalue weighted by Crippen LogP contribution is -2.44. The highest BCUT2D eigenvalue weighted by atomic mass is 28.3. The fourth-order valence-electron chi connectivity index (χ4n) is 4.14. The Morgan fingerprint density at radius 2 is 1.38 bits per heavy atom. The normalized spacial score (nSPS) is 11.4. The van der Waals surface area contributed by atoms with Crippen molar-refractivity contribution in [3.05, 3.63) is 53.1 Å². The first kappa shape index (κ1) is 27.8. The molecule has 1 rings (SSSR count). The van der Waals surface area contributed by atoms with Crippen LogP contribution in [-0.2, 0) is 19.1 Å². The molecule has 178 valence electrons. The Morgan fingerprint density at radius 3 is 1.78 bits per heavy atom. The molecule has 0 aliphatic rings. The van der Waals surface area contributed by atoms with Crippen LogP contribution in [0.25, 0.3) is 0 Å². The van der Waals surface area contributed by atoms with Gasteiger partial charge >= 0.3 is 11.9 Å². The first-order valence-electron chi connectivity index (χ1n) is 10.9. The van der Waals surface area contributed by atoms with Crippen LogP contribution in [0.3, 0.4) is 0 Å². The topological polar surface area (TPSA) is 93.1 Å². The second kappa shape index (κ2) is 12.7. The summed E-state index contributed by atoms with van der Waals surface area (Å²) in [4.78, 5) is 23.7. The third-order valence-corrected chi connectivity index (χ3v) is 9.37. The Morgan fingerprint density at radius 1 is 0.938 bits per heavy atom. The predicted molar refractivity (Wildman–Crippen MR) is 130 cm³/mol. The first-order valence-corrected chi connectivity index (χ1v) is 14.1. The molecule has 0 aromatic heterocycles. The number of aryl methyl sites for hydroxylation is 3. The Bertz CT molecular complexity index is 788. The van der Waals surface area contributed by atoms with Crippen molar-refractivity contribution in [3.8, 4) is 0 Å². The molecule has 0 aliphatic heterocycles. The summed E-state index contributed by atoms with van der Waals surface area (Å²) in [6, 6.07) is 5.52. The number of benzene rings is 1. The maximum absolute atomic E-state index is 11.9. The second-order valence-electron chi connectivity index (χ2n) is 9.14. The Kier molecular flexibility index (Phi) is 11.1. The van der Waals surface area contributed by atoms with Gasteiger partial charge in [-0.1, -0.05) is 72.7 Å². The molecule has 0 unspecified atom stereocenters. The van der Waals surface area contributed by atoms with Gasteiger partial charge in [0.25, 0.3) is 0 Å². The predicted octanol–water partition coefficient (Wildman–Crippen LogP) is 3.11. The Balaban J connectivity index is 2.80. The van der Waals surface area contributed by atoms with E-state index in [0.717, 1.165) is 12.5 Å². The van der Waals surface area contributed by atoms with Crippen LogP contribution in [0.5, 0.6) is 0 Å². The molecule has 7 heteroatoms. The van der Waals surface area contributed by atoms with Crippen molar-refractivity contribution < 1.29 is 29.3 Å². The standard InChI is InChI=1S/C25H38O6Si/c1-17-11-18(2)23(19(3)12-17)32(6,7)10-8-9-22(15-30-24(28)20(4)13-26)16-31-25(29)21(5)14-27/h11-12,22,26-27H,4-5,8-10,13-16H2,1-3,6-7H3. The van der Waals surface area contributed by atoms with E-state index in [1.807, 2.05) is 0 Å². The summed E-state index contributed by atoms with van der Waals surface area (Å²) in [5.74, 6) is -1.53. The average Bonchev–Trinajstić information content (AvgIpc) is 2.72. The number of ether oxygens (including phenoxy) is 2. The number of carbonyl (C=O) groups excluding carboxylic acids is 2. The lowest BCUT2D eigenvalue weighted by Gasteiger charge is -2.28. The van der Waals surface area contributed by atoms with Crippen molar-refractivity contribution in [1.29, 1.82) is 0 Å². The third-order valence-electron chi connectivity index (χ3n) is 5.63. The molecular formula is C25H38O6Si. The van der Waals surface area contributed by atoms with Crippen molar-refractivity contribution in [2.75, 3.05) is 26.4 Å². The molecule has 2 N–H and O–H groups in total. The molecule has 1 aromatic rings. The molecule has 0 heterocycles. The van der Waals surface area contributed by atoms with E-state index in [-0.39, 0.29) is 30.3 Å². The van der Waals surface area contributed by atoms with Crippen LogP contribution in [0, 0.1) is 26.7 Å². The largest absolute Gasteiger partial charge is 0.462 e. The molecule has 0 saturated heterocycles. The number of aliphatic hydroxyl groups is 2. The van der Waals surface area contributed by atoms with Gasteiger partial charge in [0.15, 0.2) is 0 Å². The van der Waals surface area contributed by atoms with Crippen molar-refractivity contribution >= 4 is 25.2 Å². The zero-order valence-corrected chi connectivity index (χ0v) is 21.1. The molecule has 0 fully saturated rings. The summed E-state index contributed by atoms with van der Waals surface area (Å²) in [5.41, 5.74) is 3.90. The van der Waals surface area contributed by atoms with Crippen LogP contribution in [-0.4, -0.2) is 56.7 Å². The van der Waals surface area contributed by atoms with Crippen molar-refractivity contribution in [3.63, 3.8) is 0 Å². The van der Waals surface area contributed by atoms with E-state index in [9.17, 15) is 9.59 Å². The zero-order valence-electron chi connectivity index (χ0n) is 20.1. The van der Waals surface area contributed by atoms with Crippen LogP contribution in [0.15, 0.2) is 36.4 Å². The number of esters is 2. The van der Waals surface area contributed by atoms with Gasteiger partial charge in [0.05, 0.1) is 45.6 Å². The van der Waals surface area contributed by atoms with Gasteiger partial charge in [0.2, 0.25) is 0 Å². The van der Waals surface area contributed by atoms with Crippen LogP contribution in [0.4, 0.5) is 0 Å². The van der Waals surface area contributed by atoms with Gasteiger partial charge in [-0.25, -0.2) is 9.59 Å². The van der Waals surface area contributed by atoms with Gasteiger partial charge in [-0.05, 0) is 27.2 Å². The molecule has 1 aromatic carbocycles. The highest BCUT2D eigenvalue weighted by Crippen LogP contribution is 2.22. The second-order valence-corrected chi connectivity index (χ2v) is 13.9. The highest BCUT2D eigenvalue weighted by Gasteiger charge is 2.27. The summed E-state index contributed by atoms with van der Waals surface area (Å²) in [6.07, 6.45) is 1.60. The molecule has 6 nitrogen and oxygen atoms in total. The lowest BCUT2D eigenvalue weighted by atomic mass is 10.1. The van der Waals surface area contributed by atoms with E-state index in [1.54, 1.807) is 0 Å². The van der Waals surface area contributed by atoms with Crippen molar-refractivity contribution in [2.24, 2.45) is 5.92 Å². The Labute approximate surface area is 193 Å². The smallest absolute Gasteiger partial charge is 0.335 e. The average molecular weight is 463 g/mol. The summed E-state index contributed by atoms with van der Waals surface area (Å²) in [5, 5.41) is 19.6. The molecule has 0 amide bonds. The number of rotatable bonds is 13. The molecule has 0 radical (unpaired) electrons. The van der Waals surface area contributed by atoms with Crippen molar-refractivity contribution in [2.45, 2.75) is 52.8 Å². The Hall–Kier alpha value is -2.22. The van der Waals surface area contributed by atoms with Gasteiger partial charge in [-0.3, -0.25) is 0 Å². The van der Waals surface area contributed by atoms with Gasteiger partial charge < -0.3 is 19.7 Å². The fraction of sp³-hybridized carbons (Fsp3) is 0.520. The van der Waals surface area contributed by atoms with Gasteiger partial charge in [-0.15, -0.1) is 0 Å². The van der Waals surface area contributed by atoms with Gasteiger partial charge in [0.1, 0.15) is 0 Å². The zero-order chi connectivity index (χ0) is 24.5. The summed E-state index contributed by atoms with van der Waals surface area (Å²) in [7, 11) is -1.71. The molecule has 0 aliphatic carbocycles. The minimum Gasteiger partial charge on any atom is -0.462 e. The number of carbonyl (C=O) groups is 2.